The van der Waals surface area contributed by atoms with Crippen LogP contribution in [0.3, 0.4) is 0 Å². The van der Waals surface area contributed by atoms with Gasteiger partial charge in [0, 0.05) is 18.4 Å². The number of methoxy groups -OCH3 is 1. The van der Waals surface area contributed by atoms with Gasteiger partial charge in [-0.05, 0) is 24.1 Å². The van der Waals surface area contributed by atoms with Crippen LogP contribution in [0.1, 0.15) is 35.7 Å². The minimum atomic E-state index is -0.818. The van der Waals surface area contributed by atoms with Gasteiger partial charge in [0.1, 0.15) is 17.1 Å². The van der Waals surface area contributed by atoms with Gasteiger partial charge >= 0.3 is 5.97 Å². The Morgan fingerprint density at radius 1 is 1.23 bits per heavy atom. The lowest BCUT2D eigenvalue weighted by molar-refractivity contribution is -0.116. The first-order valence-electron chi connectivity index (χ1n) is 8.04. The van der Waals surface area contributed by atoms with Crippen molar-refractivity contribution >= 4 is 17.8 Å². The molecule has 0 amide bonds. The molecule has 7 heteroatoms. The van der Waals surface area contributed by atoms with Crippen molar-refractivity contribution in [1.29, 1.82) is 0 Å². The number of hydrogen-bond donors (Lipinski definition) is 2. The molecule has 2 rings (SSSR count). The highest BCUT2D eigenvalue weighted by atomic mass is 16.5. The average molecular weight is 364 g/mol. The van der Waals surface area contributed by atoms with Crippen LogP contribution >= 0.6 is 0 Å². The minimum Gasteiger partial charge on any atom is -0.507 e. The number of allylic oxidation sites excluding steroid dienone is 1. The Bertz CT molecular complexity index is 706. The highest BCUT2D eigenvalue weighted by molar-refractivity contribution is 5.97. The number of ketones is 1. The van der Waals surface area contributed by atoms with Crippen molar-refractivity contribution in [3.63, 3.8) is 0 Å². The molecule has 0 saturated heterocycles. The first-order chi connectivity index (χ1) is 11.9. The third-order valence-corrected chi connectivity index (χ3v) is 3.79. The molecule has 2 atom stereocenters. The minimum absolute atomic E-state index is 0. The van der Waals surface area contributed by atoms with E-state index in [4.69, 9.17) is 9.47 Å². The standard InChI is InChI=1S/C19H22O6.H2O/c1-12-6-7-15(21)9-14(20)5-3-4-13-8-16(24-2)10-17(22)18(13)19(23)25-11-12;/h3-4,6-8,10,12,14,20,22H,5,9,11H2,1-2H3;1H2/b4-3+,7-6+;/t12-,14+;/m1./s1. The molecule has 1 heterocycles. The molecule has 1 aromatic carbocycles. The average Bonchev–Trinajstić information content (AvgIpc) is 2.56. The van der Waals surface area contributed by atoms with Crippen molar-refractivity contribution in [2.24, 2.45) is 5.92 Å². The Labute approximate surface area is 151 Å². The van der Waals surface area contributed by atoms with Crippen LogP contribution in [0.5, 0.6) is 11.5 Å². The number of benzene rings is 1. The first-order valence-corrected chi connectivity index (χ1v) is 8.04. The molecule has 1 aliphatic rings. The fourth-order valence-corrected chi connectivity index (χ4v) is 2.44. The zero-order chi connectivity index (χ0) is 18.4. The fourth-order valence-electron chi connectivity index (χ4n) is 2.44. The molecule has 0 unspecified atom stereocenters. The second kappa shape index (κ2) is 9.74. The number of phenolic OH excluding ortho intramolecular Hbond substituents is 1. The number of phenols is 1. The molecule has 4 N–H and O–H groups in total. The molecule has 0 spiro atoms. The monoisotopic (exact) mass is 364 g/mol. The van der Waals surface area contributed by atoms with E-state index in [-0.39, 0.29) is 47.9 Å². The van der Waals surface area contributed by atoms with Crippen molar-refractivity contribution in [2.75, 3.05) is 13.7 Å². The molecule has 1 aliphatic heterocycles. The van der Waals surface area contributed by atoms with Gasteiger partial charge < -0.3 is 25.2 Å². The lowest BCUT2D eigenvalue weighted by Crippen LogP contribution is -2.14. The molecule has 7 nitrogen and oxygen atoms in total. The number of carbonyl (C=O) groups excluding carboxylic acids is 2. The predicted octanol–water partition coefficient (Wildman–Crippen LogP) is 1.66. The largest absolute Gasteiger partial charge is 0.507 e. The van der Waals surface area contributed by atoms with Crippen LogP contribution in [-0.2, 0) is 9.53 Å². The Hall–Kier alpha value is -2.64. The normalized spacial score (nSPS) is 23.7. The molecule has 142 valence electrons. The fraction of sp³-hybridized carbons (Fsp3) is 0.368. The number of aliphatic hydroxyl groups is 1. The van der Waals surface area contributed by atoms with Crippen LogP contribution in [0.4, 0.5) is 0 Å². The lowest BCUT2D eigenvalue weighted by atomic mass is 10.0. The van der Waals surface area contributed by atoms with E-state index in [0.29, 0.717) is 11.3 Å². The van der Waals surface area contributed by atoms with Gasteiger partial charge in [0.2, 0.25) is 0 Å². The Morgan fingerprint density at radius 3 is 2.65 bits per heavy atom. The van der Waals surface area contributed by atoms with E-state index in [1.54, 1.807) is 31.2 Å². The number of cyclic esters (lactones) is 1. The van der Waals surface area contributed by atoms with Crippen molar-refractivity contribution in [1.82, 2.24) is 0 Å². The smallest absolute Gasteiger partial charge is 0.342 e. The molecule has 0 aliphatic carbocycles. The third kappa shape index (κ3) is 5.72. The summed E-state index contributed by atoms with van der Waals surface area (Å²) >= 11 is 0. The van der Waals surface area contributed by atoms with Gasteiger partial charge in [-0.3, -0.25) is 4.79 Å². The van der Waals surface area contributed by atoms with Gasteiger partial charge in [-0.1, -0.05) is 25.2 Å². The van der Waals surface area contributed by atoms with Crippen molar-refractivity contribution < 1.29 is 34.8 Å². The topological polar surface area (TPSA) is 125 Å². The molecule has 0 fully saturated rings. The van der Waals surface area contributed by atoms with Crippen LogP contribution in [0, 0.1) is 5.92 Å². The Balaban J connectivity index is 0.00000338. The van der Waals surface area contributed by atoms with E-state index in [0.717, 1.165) is 0 Å². The number of aliphatic hydroxyl groups excluding tert-OH is 1. The molecular weight excluding hydrogens is 340 g/mol. The van der Waals surface area contributed by atoms with Gasteiger partial charge in [0.25, 0.3) is 0 Å². The number of aromatic hydroxyl groups is 1. The van der Waals surface area contributed by atoms with Gasteiger partial charge in [0.15, 0.2) is 5.78 Å². The molecule has 1 aromatic rings. The zero-order valence-corrected chi connectivity index (χ0v) is 14.8. The second-order valence-electron chi connectivity index (χ2n) is 6.01. The molecule has 0 aromatic heterocycles. The van der Waals surface area contributed by atoms with Gasteiger partial charge in [-0.2, -0.15) is 0 Å². The van der Waals surface area contributed by atoms with E-state index in [1.165, 1.54) is 19.3 Å². The molecule has 26 heavy (non-hydrogen) atoms. The van der Waals surface area contributed by atoms with Crippen molar-refractivity contribution in [2.45, 2.75) is 25.9 Å². The summed E-state index contributed by atoms with van der Waals surface area (Å²) in [5, 5.41) is 20.1. The maximum Gasteiger partial charge on any atom is 0.342 e. The van der Waals surface area contributed by atoms with Gasteiger partial charge in [0.05, 0.1) is 19.8 Å². The Morgan fingerprint density at radius 2 is 1.96 bits per heavy atom. The SMILES string of the molecule is COc1cc(O)c2c(c1)/C=C/C[C@H](O)CC(=O)/C=C/[C@@H](C)COC2=O.O. The highest BCUT2D eigenvalue weighted by Gasteiger charge is 2.19. The number of rotatable bonds is 1. The molecule has 0 saturated carbocycles. The summed E-state index contributed by atoms with van der Waals surface area (Å²) in [5.41, 5.74) is 0.455. The van der Waals surface area contributed by atoms with Crippen LogP contribution in [0.25, 0.3) is 6.08 Å². The number of carbonyl (C=O) groups is 2. The Kier molecular flexibility index (Phi) is 8.02. The van der Waals surface area contributed by atoms with Crippen molar-refractivity contribution in [3.05, 3.63) is 41.5 Å². The summed E-state index contributed by atoms with van der Waals surface area (Å²) in [6, 6.07) is 2.94. The summed E-state index contributed by atoms with van der Waals surface area (Å²) in [4.78, 5) is 24.1. The van der Waals surface area contributed by atoms with Crippen LogP contribution < -0.4 is 4.74 Å². The zero-order valence-electron chi connectivity index (χ0n) is 14.8. The van der Waals surface area contributed by atoms with Gasteiger partial charge in [-0.15, -0.1) is 0 Å². The van der Waals surface area contributed by atoms with E-state index in [2.05, 4.69) is 0 Å². The summed E-state index contributed by atoms with van der Waals surface area (Å²) in [6.45, 7) is 1.87. The first kappa shape index (κ1) is 21.4. The maximum absolute atomic E-state index is 12.4. The van der Waals surface area contributed by atoms with E-state index >= 15 is 0 Å². The number of ether oxygens (including phenoxy) is 2. The summed E-state index contributed by atoms with van der Waals surface area (Å²) in [5.74, 6) is -0.871. The maximum atomic E-state index is 12.4. The van der Waals surface area contributed by atoms with Crippen LogP contribution in [-0.4, -0.2) is 47.3 Å². The predicted molar refractivity (Wildman–Crippen MR) is 96.1 cm³/mol. The molecule has 0 bridgehead atoms. The number of esters is 1. The number of fused-ring (bicyclic) bond motifs is 1. The van der Waals surface area contributed by atoms with E-state index < -0.39 is 12.1 Å². The second-order valence-corrected chi connectivity index (χ2v) is 6.01. The number of hydrogen-bond acceptors (Lipinski definition) is 6. The van der Waals surface area contributed by atoms with Crippen molar-refractivity contribution in [3.8, 4) is 11.5 Å². The quantitative estimate of drug-likeness (QED) is 0.730. The lowest BCUT2D eigenvalue weighted by Gasteiger charge is -2.13. The van der Waals surface area contributed by atoms with Crippen LogP contribution in [0.2, 0.25) is 0 Å². The van der Waals surface area contributed by atoms with E-state index in [1.807, 2.05) is 0 Å². The summed E-state index contributed by atoms with van der Waals surface area (Å²) in [7, 11) is 1.45. The molecular formula is C19H24O7. The third-order valence-electron chi connectivity index (χ3n) is 3.79. The van der Waals surface area contributed by atoms with E-state index in [9.17, 15) is 19.8 Å². The van der Waals surface area contributed by atoms with Gasteiger partial charge in [-0.25, -0.2) is 4.79 Å². The summed E-state index contributed by atoms with van der Waals surface area (Å²) < 4.78 is 10.4. The molecule has 0 radical (unpaired) electrons. The van der Waals surface area contributed by atoms with Crippen LogP contribution in [0.15, 0.2) is 30.4 Å². The highest BCUT2D eigenvalue weighted by Crippen LogP contribution is 2.30. The summed E-state index contributed by atoms with van der Waals surface area (Å²) in [6.07, 6.45) is 5.71.